The van der Waals surface area contributed by atoms with Crippen molar-refractivity contribution in [1.29, 1.82) is 0 Å². The summed E-state index contributed by atoms with van der Waals surface area (Å²) in [5.74, 6) is 0.968. The second-order valence-corrected chi connectivity index (χ2v) is 3.34. The van der Waals surface area contributed by atoms with Crippen LogP contribution in [0.4, 0.5) is 0 Å². The zero-order valence-corrected chi connectivity index (χ0v) is 8.36. The summed E-state index contributed by atoms with van der Waals surface area (Å²) in [4.78, 5) is 0. The van der Waals surface area contributed by atoms with Gasteiger partial charge >= 0.3 is 0 Å². The highest BCUT2D eigenvalue weighted by atomic mass is 16.5. The lowest BCUT2D eigenvalue weighted by Gasteiger charge is -2.10. The molecule has 0 spiro atoms. The molecule has 0 radical (unpaired) electrons. The molecule has 14 heavy (non-hydrogen) atoms. The molecule has 0 bridgehead atoms. The van der Waals surface area contributed by atoms with Crippen molar-refractivity contribution in [1.82, 2.24) is 0 Å². The average Bonchev–Trinajstić information content (AvgIpc) is 2.30. The van der Waals surface area contributed by atoms with Gasteiger partial charge in [0.1, 0.15) is 5.76 Å². The topological polar surface area (TPSA) is 9.23 Å². The number of hydrogen-bond acceptors (Lipinski definition) is 1. The molecule has 1 aromatic carbocycles. The van der Waals surface area contributed by atoms with Gasteiger partial charge in [0.05, 0.1) is 6.26 Å². The Balaban J connectivity index is 2.20. The molecule has 1 nitrogen and oxygen atoms in total. The minimum absolute atomic E-state index is 0.963. The van der Waals surface area contributed by atoms with Gasteiger partial charge in [-0.05, 0) is 30.6 Å². The molecular weight excluding hydrogens is 172 g/mol. The van der Waals surface area contributed by atoms with Gasteiger partial charge in [-0.2, -0.15) is 0 Å². The normalized spacial score (nSPS) is 14.8. The van der Waals surface area contributed by atoms with E-state index in [1.54, 1.807) is 6.26 Å². The predicted octanol–water partition coefficient (Wildman–Crippen LogP) is 3.52. The van der Waals surface area contributed by atoms with E-state index in [0.717, 1.165) is 24.2 Å². The maximum absolute atomic E-state index is 5.42. The molecule has 1 aliphatic rings. The van der Waals surface area contributed by atoms with Crippen molar-refractivity contribution in [3.63, 3.8) is 0 Å². The van der Waals surface area contributed by atoms with E-state index in [9.17, 15) is 0 Å². The van der Waals surface area contributed by atoms with E-state index in [0.29, 0.717) is 0 Å². The molecule has 0 atom stereocenters. The summed E-state index contributed by atoms with van der Waals surface area (Å²) < 4.78 is 5.42. The standard InChI is InChI=1S/C13H14O/c1-2-11-6-8-12(9-7-11)13-5-3-4-10-14-13/h4-10H,2-3H2,1H3. The van der Waals surface area contributed by atoms with Crippen LogP contribution in [0.2, 0.25) is 0 Å². The van der Waals surface area contributed by atoms with E-state index in [4.69, 9.17) is 4.74 Å². The lowest BCUT2D eigenvalue weighted by Crippen LogP contribution is -1.90. The van der Waals surface area contributed by atoms with Gasteiger partial charge in [-0.25, -0.2) is 0 Å². The van der Waals surface area contributed by atoms with Gasteiger partial charge in [0.2, 0.25) is 0 Å². The Hall–Kier alpha value is -1.50. The van der Waals surface area contributed by atoms with Gasteiger partial charge in [0.15, 0.2) is 0 Å². The zero-order valence-electron chi connectivity index (χ0n) is 8.36. The quantitative estimate of drug-likeness (QED) is 0.686. The zero-order chi connectivity index (χ0) is 9.80. The Morgan fingerprint density at radius 1 is 1.21 bits per heavy atom. The van der Waals surface area contributed by atoms with Gasteiger partial charge in [-0.1, -0.05) is 31.2 Å². The van der Waals surface area contributed by atoms with E-state index < -0.39 is 0 Å². The summed E-state index contributed by atoms with van der Waals surface area (Å²) >= 11 is 0. The molecule has 1 aromatic rings. The van der Waals surface area contributed by atoms with Crippen LogP contribution in [0.3, 0.4) is 0 Å². The first-order chi connectivity index (χ1) is 6.90. The fraction of sp³-hybridized carbons (Fsp3) is 0.231. The summed E-state index contributed by atoms with van der Waals surface area (Å²) in [5, 5.41) is 0. The molecule has 0 aromatic heterocycles. The smallest absolute Gasteiger partial charge is 0.130 e. The van der Waals surface area contributed by atoms with Crippen molar-refractivity contribution in [3.8, 4) is 0 Å². The van der Waals surface area contributed by atoms with Crippen molar-refractivity contribution >= 4 is 5.76 Å². The monoisotopic (exact) mass is 186 g/mol. The molecule has 1 heteroatoms. The Kier molecular flexibility index (Phi) is 2.68. The molecule has 0 fully saturated rings. The fourth-order valence-corrected chi connectivity index (χ4v) is 1.49. The number of benzene rings is 1. The highest BCUT2D eigenvalue weighted by Crippen LogP contribution is 2.20. The molecule has 0 N–H and O–H groups in total. The minimum atomic E-state index is 0.963. The maximum Gasteiger partial charge on any atom is 0.130 e. The maximum atomic E-state index is 5.42. The first-order valence-electron chi connectivity index (χ1n) is 5.01. The highest BCUT2D eigenvalue weighted by Gasteiger charge is 2.03. The molecule has 0 saturated carbocycles. The summed E-state index contributed by atoms with van der Waals surface area (Å²) in [7, 11) is 0. The molecule has 72 valence electrons. The van der Waals surface area contributed by atoms with Crippen LogP contribution in [0, 0.1) is 0 Å². The van der Waals surface area contributed by atoms with Crippen LogP contribution >= 0.6 is 0 Å². The van der Waals surface area contributed by atoms with Crippen LogP contribution < -0.4 is 0 Å². The second-order valence-electron chi connectivity index (χ2n) is 3.34. The molecule has 0 unspecified atom stereocenters. The summed E-state index contributed by atoms with van der Waals surface area (Å²) in [6, 6.07) is 8.53. The Morgan fingerprint density at radius 3 is 2.57 bits per heavy atom. The molecular formula is C13H14O. The molecule has 1 heterocycles. The van der Waals surface area contributed by atoms with Gasteiger partial charge < -0.3 is 4.74 Å². The van der Waals surface area contributed by atoms with E-state index in [2.05, 4.69) is 37.3 Å². The third kappa shape index (κ3) is 1.87. The van der Waals surface area contributed by atoms with Crippen molar-refractivity contribution < 1.29 is 4.74 Å². The number of hydrogen-bond donors (Lipinski definition) is 0. The highest BCUT2D eigenvalue weighted by molar-refractivity contribution is 5.61. The van der Waals surface area contributed by atoms with Crippen molar-refractivity contribution in [2.24, 2.45) is 0 Å². The van der Waals surface area contributed by atoms with Crippen LogP contribution in [0.25, 0.3) is 5.76 Å². The third-order valence-corrected chi connectivity index (χ3v) is 2.38. The first-order valence-corrected chi connectivity index (χ1v) is 5.01. The third-order valence-electron chi connectivity index (χ3n) is 2.38. The Bertz CT molecular complexity index is 357. The lowest BCUT2D eigenvalue weighted by atomic mass is 10.1. The van der Waals surface area contributed by atoms with Gasteiger partial charge in [0, 0.05) is 5.56 Å². The predicted molar refractivity (Wildman–Crippen MR) is 58.6 cm³/mol. The van der Waals surface area contributed by atoms with E-state index >= 15 is 0 Å². The van der Waals surface area contributed by atoms with Gasteiger partial charge in [-0.15, -0.1) is 0 Å². The van der Waals surface area contributed by atoms with Gasteiger partial charge in [-0.3, -0.25) is 0 Å². The largest absolute Gasteiger partial charge is 0.465 e. The average molecular weight is 186 g/mol. The number of rotatable bonds is 2. The molecule has 0 saturated heterocycles. The van der Waals surface area contributed by atoms with E-state index in [1.807, 2.05) is 6.08 Å². The van der Waals surface area contributed by atoms with Crippen molar-refractivity contribution in [2.75, 3.05) is 0 Å². The lowest BCUT2D eigenvalue weighted by molar-refractivity contribution is 0.427. The van der Waals surface area contributed by atoms with Crippen molar-refractivity contribution in [2.45, 2.75) is 19.8 Å². The second kappa shape index (κ2) is 4.14. The Morgan fingerprint density at radius 2 is 2.00 bits per heavy atom. The molecule has 1 aliphatic heterocycles. The SMILES string of the molecule is CCc1ccc(C2=CCC=CO2)cc1. The van der Waals surface area contributed by atoms with Crippen LogP contribution in [0.15, 0.2) is 42.7 Å². The Labute approximate surface area is 84.7 Å². The van der Waals surface area contributed by atoms with Crippen LogP contribution in [0.5, 0.6) is 0 Å². The van der Waals surface area contributed by atoms with Crippen molar-refractivity contribution in [3.05, 3.63) is 53.8 Å². The first kappa shape index (κ1) is 9.07. The summed E-state index contributed by atoms with van der Waals surface area (Å²) in [6.07, 6.45) is 7.90. The van der Waals surface area contributed by atoms with Crippen LogP contribution in [-0.4, -0.2) is 0 Å². The molecule has 2 rings (SSSR count). The molecule has 0 aliphatic carbocycles. The fourth-order valence-electron chi connectivity index (χ4n) is 1.49. The van der Waals surface area contributed by atoms with Crippen LogP contribution in [0.1, 0.15) is 24.5 Å². The molecule has 0 amide bonds. The van der Waals surface area contributed by atoms with Gasteiger partial charge in [0.25, 0.3) is 0 Å². The minimum Gasteiger partial charge on any atom is -0.465 e. The summed E-state index contributed by atoms with van der Waals surface area (Å²) in [5.41, 5.74) is 2.52. The summed E-state index contributed by atoms with van der Waals surface area (Å²) in [6.45, 7) is 2.16. The van der Waals surface area contributed by atoms with E-state index in [1.165, 1.54) is 5.56 Å². The van der Waals surface area contributed by atoms with E-state index in [-0.39, 0.29) is 0 Å². The van der Waals surface area contributed by atoms with Crippen LogP contribution in [-0.2, 0) is 11.2 Å². The number of ether oxygens (including phenoxy) is 1. The number of allylic oxidation sites excluding steroid dienone is 2. The number of aryl methyl sites for hydroxylation is 1.